The number of thioether (sulfide) groups is 1. The molecular weight excluding hydrogens is 204 g/mol. The van der Waals surface area contributed by atoms with E-state index in [1.165, 1.54) is 44.0 Å². The van der Waals surface area contributed by atoms with Crippen molar-refractivity contribution >= 4 is 11.8 Å². The summed E-state index contributed by atoms with van der Waals surface area (Å²) in [6.07, 6.45) is 2.92. The summed E-state index contributed by atoms with van der Waals surface area (Å²) in [5.41, 5.74) is 0. The van der Waals surface area contributed by atoms with E-state index in [2.05, 4.69) is 35.8 Å². The van der Waals surface area contributed by atoms with Crippen molar-refractivity contribution in [1.29, 1.82) is 0 Å². The second kappa shape index (κ2) is 5.55. The summed E-state index contributed by atoms with van der Waals surface area (Å²) < 4.78 is 0. The molecule has 1 saturated carbocycles. The lowest BCUT2D eigenvalue weighted by atomic mass is 10.1. The fraction of sp³-hybridized carbons (Fsp3) is 1.00. The lowest BCUT2D eigenvalue weighted by Gasteiger charge is -2.39. The number of rotatable bonds is 5. The van der Waals surface area contributed by atoms with Crippen molar-refractivity contribution < 1.29 is 0 Å². The third-order valence-corrected chi connectivity index (χ3v) is 4.53. The van der Waals surface area contributed by atoms with Gasteiger partial charge in [0.25, 0.3) is 0 Å². The number of piperazine rings is 1. The molecule has 2 aliphatic rings. The second-order valence-corrected chi connectivity index (χ2v) is 6.29. The molecule has 1 aliphatic heterocycles. The largest absolute Gasteiger partial charge is 0.311 e. The summed E-state index contributed by atoms with van der Waals surface area (Å²) in [5.74, 6) is 3.56. The predicted octanol–water partition coefficient (Wildman–Crippen LogP) is 1.81. The third kappa shape index (κ3) is 3.36. The molecule has 2 unspecified atom stereocenters. The highest BCUT2D eigenvalue weighted by atomic mass is 32.2. The van der Waals surface area contributed by atoms with Gasteiger partial charge >= 0.3 is 0 Å². The molecule has 1 aliphatic carbocycles. The number of hydrogen-bond donors (Lipinski definition) is 1. The van der Waals surface area contributed by atoms with Gasteiger partial charge < -0.3 is 5.32 Å². The Morgan fingerprint density at radius 3 is 2.87 bits per heavy atom. The Labute approximate surface area is 98.2 Å². The van der Waals surface area contributed by atoms with E-state index in [-0.39, 0.29) is 0 Å². The average Bonchev–Trinajstić information content (AvgIpc) is 3.05. The maximum Gasteiger partial charge on any atom is 0.0224 e. The van der Waals surface area contributed by atoms with Crippen LogP contribution in [-0.2, 0) is 0 Å². The molecule has 88 valence electrons. The summed E-state index contributed by atoms with van der Waals surface area (Å²) in [5, 5.41) is 3.70. The SMILES string of the molecule is CCSCCN1CC(C2CC2)NCC1C. The first-order chi connectivity index (χ1) is 7.31. The first-order valence-electron chi connectivity index (χ1n) is 6.36. The van der Waals surface area contributed by atoms with Crippen LogP contribution in [0, 0.1) is 5.92 Å². The molecule has 3 heteroatoms. The molecule has 1 heterocycles. The Morgan fingerprint density at radius 1 is 1.40 bits per heavy atom. The van der Waals surface area contributed by atoms with Gasteiger partial charge in [0.1, 0.15) is 0 Å². The van der Waals surface area contributed by atoms with E-state index in [1.807, 2.05) is 0 Å². The van der Waals surface area contributed by atoms with E-state index in [4.69, 9.17) is 0 Å². The molecule has 2 fully saturated rings. The third-order valence-electron chi connectivity index (χ3n) is 3.65. The predicted molar refractivity (Wildman–Crippen MR) is 68.5 cm³/mol. The quantitative estimate of drug-likeness (QED) is 0.723. The van der Waals surface area contributed by atoms with Gasteiger partial charge in [-0.15, -0.1) is 0 Å². The van der Waals surface area contributed by atoms with Crippen molar-refractivity contribution in [2.75, 3.05) is 31.1 Å². The molecule has 2 nitrogen and oxygen atoms in total. The lowest BCUT2D eigenvalue weighted by molar-refractivity contribution is 0.141. The minimum Gasteiger partial charge on any atom is -0.311 e. The van der Waals surface area contributed by atoms with Crippen molar-refractivity contribution in [3.05, 3.63) is 0 Å². The van der Waals surface area contributed by atoms with E-state index < -0.39 is 0 Å². The van der Waals surface area contributed by atoms with Crippen LogP contribution in [0.4, 0.5) is 0 Å². The van der Waals surface area contributed by atoms with Gasteiger partial charge in [0, 0.05) is 37.5 Å². The van der Waals surface area contributed by atoms with Gasteiger partial charge in [-0.05, 0) is 31.4 Å². The minimum atomic E-state index is 0.734. The van der Waals surface area contributed by atoms with Gasteiger partial charge in [0.15, 0.2) is 0 Å². The van der Waals surface area contributed by atoms with Crippen LogP contribution in [0.5, 0.6) is 0 Å². The van der Waals surface area contributed by atoms with Gasteiger partial charge in [0.2, 0.25) is 0 Å². The van der Waals surface area contributed by atoms with E-state index in [0.29, 0.717) is 0 Å². The van der Waals surface area contributed by atoms with Gasteiger partial charge in [-0.2, -0.15) is 11.8 Å². The summed E-state index contributed by atoms with van der Waals surface area (Å²) in [7, 11) is 0. The van der Waals surface area contributed by atoms with Crippen molar-refractivity contribution in [3.8, 4) is 0 Å². The molecule has 0 aromatic heterocycles. The molecular formula is C12H24N2S. The monoisotopic (exact) mass is 228 g/mol. The molecule has 0 radical (unpaired) electrons. The molecule has 15 heavy (non-hydrogen) atoms. The molecule has 1 saturated heterocycles. The normalized spacial score (nSPS) is 33.2. The van der Waals surface area contributed by atoms with E-state index in [0.717, 1.165) is 18.0 Å². The first-order valence-corrected chi connectivity index (χ1v) is 7.52. The van der Waals surface area contributed by atoms with Crippen molar-refractivity contribution in [1.82, 2.24) is 10.2 Å². The van der Waals surface area contributed by atoms with Crippen LogP contribution in [0.1, 0.15) is 26.7 Å². The molecule has 1 N–H and O–H groups in total. The van der Waals surface area contributed by atoms with Crippen molar-refractivity contribution in [2.24, 2.45) is 5.92 Å². The zero-order valence-corrected chi connectivity index (χ0v) is 10.9. The standard InChI is InChI=1S/C12H24N2S/c1-3-15-7-6-14-9-12(11-4-5-11)13-8-10(14)2/h10-13H,3-9H2,1-2H3. The highest BCUT2D eigenvalue weighted by Gasteiger charge is 2.35. The van der Waals surface area contributed by atoms with Gasteiger partial charge in [-0.1, -0.05) is 6.92 Å². The first kappa shape index (κ1) is 11.7. The van der Waals surface area contributed by atoms with E-state index in [1.54, 1.807) is 0 Å². The number of hydrogen-bond acceptors (Lipinski definition) is 3. The van der Waals surface area contributed by atoms with E-state index in [9.17, 15) is 0 Å². The average molecular weight is 228 g/mol. The molecule has 0 aromatic carbocycles. The molecule has 0 spiro atoms. The summed E-state index contributed by atoms with van der Waals surface area (Å²) in [6, 6.07) is 1.53. The van der Waals surface area contributed by atoms with Gasteiger partial charge in [0.05, 0.1) is 0 Å². The van der Waals surface area contributed by atoms with Crippen LogP contribution >= 0.6 is 11.8 Å². The van der Waals surface area contributed by atoms with Crippen LogP contribution in [0.15, 0.2) is 0 Å². The highest BCUT2D eigenvalue weighted by molar-refractivity contribution is 7.99. The minimum absolute atomic E-state index is 0.734. The Hall–Kier alpha value is 0.270. The van der Waals surface area contributed by atoms with Gasteiger partial charge in [-0.25, -0.2) is 0 Å². The smallest absolute Gasteiger partial charge is 0.0224 e. The second-order valence-electron chi connectivity index (χ2n) is 4.89. The van der Waals surface area contributed by atoms with Crippen molar-refractivity contribution in [2.45, 2.75) is 38.8 Å². The zero-order chi connectivity index (χ0) is 10.7. The molecule has 0 bridgehead atoms. The Kier molecular flexibility index (Phi) is 4.35. The Bertz CT molecular complexity index is 194. The fourth-order valence-electron chi connectivity index (χ4n) is 2.40. The topological polar surface area (TPSA) is 15.3 Å². The van der Waals surface area contributed by atoms with E-state index >= 15 is 0 Å². The summed E-state index contributed by atoms with van der Waals surface area (Å²) >= 11 is 2.07. The number of nitrogens with zero attached hydrogens (tertiary/aromatic N) is 1. The van der Waals surface area contributed by atoms with Crippen LogP contribution in [0.2, 0.25) is 0 Å². The van der Waals surface area contributed by atoms with Crippen LogP contribution in [0.3, 0.4) is 0 Å². The fourth-order valence-corrected chi connectivity index (χ4v) is 3.05. The zero-order valence-electron chi connectivity index (χ0n) is 10.0. The maximum absolute atomic E-state index is 3.70. The molecule has 0 amide bonds. The molecule has 0 aromatic rings. The summed E-state index contributed by atoms with van der Waals surface area (Å²) in [6.45, 7) is 8.37. The van der Waals surface area contributed by atoms with Crippen LogP contribution in [0.25, 0.3) is 0 Å². The highest BCUT2D eigenvalue weighted by Crippen LogP contribution is 2.34. The van der Waals surface area contributed by atoms with Gasteiger partial charge in [-0.3, -0.25) is 4.90 Å². The van der Waals surface area contributed by atoms with Crippen LogP contribution in [-0.4, -0.2) is 48.1 Å². The number of nitrogens with one attached hydrogen (secondary N) is 1. The molecule has 2 atom stereocenters. The maximum atomic E-state index is 3.70. The molecule has 2 rings (SSSR count). The Morgan fingerprint density at radius 2 is 2.20 bits per heavy atom. The van der Waals surface area contributed by atoms with Crippen LogP contribution < -0.4 is 5.32 Å². The summed E-state index contributed by atoms with van der Waals surface area (Å²) in [4.78, 5) is 2.68. The Balaban J connectivity index is 1.74. The lowest BCUT2D eigenvalue weighted by Crippen LogP contribution is -2.56. The van der Waals surface area contributed by atoms with Crippen molar-refractivity contribution in [3.63, 3.8) is 0 Å².